The van der Waals surface area contributed by atoms with Crippen molar-refractivity contribution in [2.24, 2.45) is 5.10 Å². The Bertz CT molecular complexity index is 868. The average Bonchev–Trinajstić information content (AvgIpc) is 2.92. The molecule has 0 atom stereocenters. The van der Waals surface area contributed by atoms with E-state index >= 15 is 0 Å². The molecule has 0 radical (unpaired) electrons. The fraction of sp³-hybridized carbons (Fsp3) is 0.118. The lowest BCUT2D eigenvalue weighted by atomic mass is 10.2. The summed E-state index contributed by atoms with van der Waals surface area (Å²) < 4.78 is 7.69. The quantitative estimate of drug-likeness (QED) is 0.575. The summed E-state index contributed by atoms with van der Waals surface area (Å²) >= 11 is 5.22. The van der Waals surface area contributed by atoms with Gasteiger partial charge in [0.25, 0.3) is 0 Å². The molecule has 0 amide bonds. The van der Waals surface area contributed by atoms with E-state index < -0.39 is 0 Å². The van der Waals surface area contributed by atoms with E-state index in [0.717, 1.165) is 11.3 Å². The SMILES string of the molecule is Cc1cccc(/C=N/n2c(COc3ccccc3)n[nH]c2=S)c1. The summed E-state index contributed by atoms with van der Waals surface area (Å²) in [5.41, 5.74) is 2.18. The largest absolute Gasteiger partial charge is 0.486 e. The van der Waals surface area contributed by atoms with Crippen LogP contribution in [0.5, 0.6) is 5.75 Å². The first-order chi connectivity index (χ1) is 11.2. The first-order valence-corrected chi connectivity index (χ1v) is 7.58. The molecule has 3 aromatic rings. The number of nitrogens with one attached hydrogen (secondary N) is 1. The zero-order valence-electron chi connectivity index (χ0n) is 12.6. The van der Waals surface area contributed by atoms with Crippen molar-refractivity contribution in [2.45, 2.75) is 13.5 Å². The fourth-order valence-corrected chi connectivity index (χ4v) is 2.27. The minimum absolute atomic E-state index is 0.280. The number of benzene rings is 2. The summed E-state index contributed by atoms with van der Waals surface area (Å²) in [4.78, 5) is 0. The number of hydrogen-bond donors (Lipinski definition) is 1. The van der Waals surface area contributed by atoms with Gasteiger partial charge in [-0.25, -0.2) is 5.10 Å². The van der Waals surface area contributed by atoms with Gasteiger partial charge in [-0.1, -0.05) is 48.0 Å². The Labute approximate surface area is 139 Å². The molecule has 6 heteroatoms. The van der Waals surface area contributed by atoms with Crippen LogP contribution in [-0.2, 0) is 6.61 Å². The Hall–Kier alpha value is -2.73. The van der Waals surface area contributed by atoms with Crippen LogP contribution in [0.25, 0.3) is 0 Å². The van der Waals surface area contributed by atoms with Gasteiger partial charge in [0.1, 0.15) is 12.4 Å². The highest BCUT2D eigenvalue weighted by molar-refractivity contribution is 7.71. The van der Waals surface area contributed by atoms with Gasteiger partial charge in [-0.3, -0.25) is 0 Å². The van der Waals surface area contributed by atoms with Crippen LogP contribution in [0.3, 0.4) is 0 Å². The van der Waals surface area contributed by atoms with Crippen LogP contribution in [0.4, 0.5) is 0 Å². The van der Waals surface area contributed by atoms with E-state index in [4.69, 9.17) is 17.0 Å². The molecule has 0 aliphatic rings. The predicted molar refractivity (Wildman–Crippen MR) is 92.4 cm³/mol. The van der Waals surface area contributed by atoms with Crippen molar-refractivity contribution < 1.29 is 4.74 Å². The fourth-order valence-electron chi connectivity index (χ4n) is 2.08. The van der Waals surface area contributed by atoms with Crippen LogP contribution in [0.2, 0.25) is 0 Å². The molecule has 0 unspecified atom stereocenters. The topological polar surface area (TPSA) is 55.2 Å². The zero-order chi connectivity index (χ0) is 16.1. The maximum absolute atomic E-state index is 5.69. The Morgan fingerprint density at radius 3 is 2.83 bits per heavy atom. The summed E-state index contributed by atoms with van der Waals surface area (Å²) in [6.45, 7) is 2.32. The van der Waals surface area contributed by atoms with E-state index in [-0.39, 0.29) is 6.61 Å². The highest BCUT2D eigenvalue weighted by Gasteiger charge is 2.06. The van der Waals surface area contributed by atoms with Crippen LogP contribution >= 0.6 is 12.2 Å². The monoisotopic (exact) mass is 324 g/mol. The predicted octanol–water partition coefficient (Wildman–Crippen LogP) is 3.71. The number of ether oxygens (including phenoxy) is 1. The molecule has 3 rings (SSSR count). The summed E-state index contributed by atoms with van der Waals surface area (Å²) in [6.07, 6.45) is 1.75. The minimum atomic E-state index is 0.280. The maximum Gasteiger partial charge on any atom is 0.216 e. The standard InChI is InChI=1S/C17H16N4OS/c1-13-6-5-7-14(10-13)11-18-21-16(19-20-17(21)23)12-22-15-8-3-2-4-9-15/h2-11H,12H2,1H3,(H,20,23)/b18-11+. The van der Waals surface area contributed by atoms with Gasteiger partial charge in [0.2, 0.25) is 4.77 Å². The highest BCUT2D eigenvalue weighted by Crippen LogP contribution is 2.11. The van der Waals surface area contributed by atoms with Crippen LogP contribution in [-0.4, -0.2) is 21.1 Å². The number of nitrogens with zero attached hydrogens (tertiary/aromatic N) is 3. The first kappa shape index (κ1) is 15.2. The zero-order valence-corrected chi connectivity index (χ0v) is 13.5. The Balaban J connectivity index is 1.77. The van der Waals surface area contributed by atoms with Crippen molar-refractivity contribution in [3.63, 3.8) is 0 Å². The van der Waals surface area contributed by atoms with Gasteiger partial charge < -0.3 is 4.74 Å². The normalized spacial score (nSPS) is 11.0. The minimum Gasteiger partial charge on any atom is -0.486 e. The third-order valence-corrected chi connectivity index (χ3v) is 3.46. The molecule has 0 spiro atoms. The molecule has 0 saturated carbocycles. The number of aromatic amines is 1. The van der Waals surface area contributed by atoms with Crippen molar-refractivity contribution in [3.05, 3.63) is 76.3 Å². The van der Waals surface area contributed by atoms with Gasteiger partial charge in [0.05, 0.1) is 6.21 Å². The molecule has 0 bridgehead atoms. The molecule has 0 saturated heterocycles. The highest BCUT2D eigenvalue weighted by atomic mass is 32.1. The van der Waals surface area contributed by atoms with Crippen molar-refractivity contribution in [1.82, 2.24) is 14.9 Å². The van der Waals surface area contributed by atoms with Crippen molar-refractivity contribution in [3.8, 4) is 5.75 Å². The van der Waals surface area contributed by atoms with Crippen LogP contribution < -0.4 is 4.74 Å². The molecular weight excluding hydrogens is 308 g/mol. The van der Waals surface area contributed by atoms with Gasteiger partial charge in [-0.05, 0) is 36.8 Å². The average molecular weight is 324 g/mol. The molecule has 1 aromatic heterocycles. The second-order valence-corrected chi connectivity index (χ2v) is 5.40. The lowest BCUT2D eigenvalue weighted by Gasteiger charge is -2.05. The van der Waals surface area contributed by atoms with Crippen LogP contribution in [0.15, 0.2) is 59.7 Å². The summed E-state index contributed by atoms with van der Waals surface area (Å²) in [7, 11) is 0. The Morgan fingerprint density at radius 1 is 1.22 bits per heavy atom. The van der Waals surface area contributed by atoms with E-state index in [2.05, 4.69) is 15.3 Å². The number of rotatable bonds is 5. The molecule has 116 valence electrons. The number of aromatic nitrogens is 3. The molecule has 0 aliphatic carbocycles. The van der Waals surface area contributed by atoms with Crippen molar-refractivity contribution >= 4 is 18.4 Å². The summed E-state index contributed by atoms with van der Waals surface area (Å²) in [5.74, 6) is 1.39. The lowest BCUT2D eigenvalue weighted by molar-refractivity contribution is 0.290. The smallest absolute Gasteiger partial charge is 0.216 e. The molecule has 1 heterocycles. The van der Waals surface area contributed by atoms with E-state index in [1.165, 1.54) is 5.56 Å². The Kier molecular flexibility index (Phi) is 4.63. The first-order valence-electron chi connectivity index (χ1n) is 7.17. The molecule has 2 aromatic carbocycles. The van der Waals surface area contributed by atoms with Crippen molar-refractivity contribution in [2.75, 3.05) is 0 Å². The van der Waals surface area contributed by atoms with Crippen LogP contribution in [0, 0.1) is 11.7 Å². The van der Waals surface area contributed by atoms with Gasteiger partial charge in [0, 0.05) is 0 Å². The molecule has 0 aliphatic heterocycles. The van der Waals surface area contributed by atoms with Crippen LogP contribution in [0.1, 0.15) is 17.0 Å². The van der Waals surface area contributed by atoms with E-state index in [1.807, 2.05) is 61.5 Å². The number of aryl methyl sites for hydroxylation is 1. The van der Waals surface area contributed by atoms with E-state index in [9.17, 15) is 0 Å². The number of para-hydroxylation sites is 1. The molecule has 5 nitrogen and oxygen atoms in total. The van der Waals surface area contributed by atoms with Gasteiger partial charge in [0.15, 0.2) is 5.82 Å². The van der Waals surface area contributed by atoms with E-state index in [0.29, 0.717) is 10.6 Å². The van der Waals surface area contributed by atoms with E-state index in [1.54, 1.807) is 10.9 Å². The maximum atomic E-state index is 5.69. The van der Waals surface area contributed by atoms with Gasteiger partial charge in [-0.2, -0.15) is 14.9 Å². The second-order valence-electron chi connectivity index (χ2n) is 5.02. The third-order valence-electron chi connectivity index (χ3n) is 3.19. The molecule has 23 heavy (non-hydrogen) atoms. The third kappa shape index (κ3) is 3.92. The van der Waals surface area contributed by atoms with Gasteiger partial charge in [-0.15, -0.1) is 0 Å². The molecule has 0 fully saturated rings. The van der Waals surface area contributed by atoms with Gasteiger partial charge >= 0.3 is 0 Å². The number of hydrogen-bond acceptors (Lipinski definition) is 4. The van der Waals surface area contributed by atoms with Crippen molar-refractivity contribution in [1.29, 1.82) is 0 Å². The lowest BCUT2D eigenvalue weighted by Crippen LogP contribution is -2.04. The number of H-pyrrole nitrogens is 1. The second kappa shape index (κ2) is 7.02. The summed E-state index contributed by atoms with van der Waals surface area (Å²) in [6, 6.07) is 17.6. The Morgan fingerprint density at radius 2 is 2.04 bits per heavy atom. The summed E-state index contributed by atoms with van der Waals surface area (Å²) in [5, 5.41) is 11.3. The molecular formula is C17H16N4OS. The molecule has 1 N–H and O–H groups in total.